The second-order valence-corrected chi connectivity index (χ2v) is 4.18. The highest BCUT2D eigenvalue weighted by Gasteiger charge is 2.06. The predicted octanol–water partition coefficient (Wildman–Crippen LogP) is 2.06. The van der Waals surface area contributed by atoms with Gasteiger partial charge in [-0.15, -0.1) is 0 Å². The van der Waals surface area contributed by atoms with Gasteiger partial charge in [0.25, 0.3) is 5.91 Å². The van der Waals surface area contributed by atoms with E-state index in [9.17, 15) is 9.18 Å². The van der Waals surface area contributed by atoms with Crippen LogP contribution in [0.2, 0.25) is 0 Å². The molecule has 1 amide bonds. The number of benzene rings is 1. The van der Waals surface area contributed by atoms with Gasteiger partial charge in [0, 0.05) is 18.3 Å². The van der Waals surface area contributed by atoms with Gasteiger partial charge in [0.05, 0.1) is 0 Å². The summed E-state index contributed by atoms with van der Waals surface area (Å²) in [6, 6.07) is 11.1. The zero-order valence-corrected chi connectivity index (χ0v) is 10.6. The number of halogens is 1. The van der Waals surface area contributed by atoms with Gasteiger partial charge in [0.1, 0.15) is 17.6 Å². The quantitative estimate of drug-likeness (QED) is 0.924. The van der Waals surface area contributed by atoms with Crippen LogP contribution in [0, 0.1) is 17.1 Å². The number of nitrogens with one attached hydrogen (secondary N) is 1. The average Bonchev–Trinajstić information content (AvgIpc) is 2.47. The molecule has 0 atom stereocenters. The Morgan fingerprint density at radius 1 is 1.35 bits per heavy atom. The largest absolute Gasteiger partial charge is 0.352 e. The highest BCUT2D eigenvalue weighted by Crippen LogP contribution is 2.04. The topological polar surface area (TPSA) is 65.8 Å². The number of rotatable bonds is 4. The van der Waals surface area contributed by atoms with Gasteiger partial charge in [-0.05, 0) is 36.2 Å². The molecule has 1 aromatic heterocycles. The van der Waals surface area contributed by atoms with Crippen LogP contribution in [0.25, 0.3) is 0 Å². The van der Waals surface area contributed by atoms with Gasteiger partial charge in [0.2, 0.25) is 0 Å². The molecule has 0 spiro atoms. The maximum absolute atomic E-state index is 13.0. The minimum Gasteiger partial charge on any atom is -0.352 e. The number of nitrogens with zero attached hydrogens (tertiary/aromatic N) is 2. The molecule has 0 aliphatic carbocycles. The van der Waals surface area contributed by atoms with Gasteiger partial charge < -0.3 is 5.32 Å². The van der Waals surface area contributed by atoms with Crippen molar-refractivity contribution in [3.8, 4) is 6.07 Å². The third-order valence-electron chi connectivity index (χ3n) is 2.72. The smallest absolute Gasteiger partial charge is 0.251 e. The van der Waals surface area contributed by atoms with Crippen molar-refractivity contribution in [1.29, 1.82) is 5.26 Å². The van der Waals surface area contributed by atoms with E-state index in [4.69, 9.17) is 5.26 Å². The molecule has 0 radical (unpaired) electrons. The Morgan fingerprint density at radius 2 is 2.20 bits per heavy atom. The summed E-state index contributed by atoms with van der Waals surface area (Å²) < 4.78 is 13.0. The van der Waals surface area contributed by atoms with Gasteiger partial charge in [-0.1, -0.05) is 12.1 Å². The summed E-state index contributed by atoms with van der Waals surface area (Å²) in [7, 11) is 0. The molecule has 1 heterocycles. The maximum atomic E-state index is 13.0. The van der Waals surface area contributed by atoms with Crippen LogP contribution in [-0.2, 0) is 6.42 Å². The summed E-state index contributed by atoms with van der Waals surface area (Å²) in [4.78, 5) is 15.6. The van der Waals surface area contributed by atoms with Crippen molar-refractivity contribution >= 4 is 5.91 Å². The summed E-state index contributed by atoms with van der Waals surface area (Å²) in [5, 5.41) is 11.4. The maximum Gasteiger partial charge on any atom is 0.251 e. The Labute approximate surface area is 115 Å². The number of amides is 1. The average molecular weight is 269 g/mol. The summed E-state index contributed by atoms with van der Waals surface area (Å²) in [6.07, 6.45) is 1.96. The van der Waals surface area contributed by atoms with Gasteiger partial charge in [-0.25, -0.2) is 9.37 Å². The van der Waals surface area contributed by atoms with E-state index < -0.39 is 0 Å². The van der Waals surface area contributed by atoms with Gasteiger partial charge in [-0.2, -0.15) is 5.26 Å². The second kappa shape index (κ2) is 6.43. The zero-order valence-electron chi connectivity index (χ0n) is 10.6. The lowest BCUT2D eigenvalue weighted by Gasteiger charge is -2.05. The normalized spacial score (nSPS) is 9.80. The van der Waals surface area contributed by atoms with Crippen LogP contribution >= 0.6 is 0 Å². The highest BCUT2D eigenvalue weighted by molar-refractivity contribution is 5.94. The fraction of sp³-hybridized carbons (Fsp3) is 0.133. The van der Waals surface area contributed by atoms with Crippen LogP contribution in [0.3, 0.4) is 0 Å². The first-order chi connectivity index (χ1) is 9.69. The molecule has 0 fully saturated rings. The Morgan fingerprint density at radius 3 is 2.95 bits per heavy atom. The van der Waals surface area contributed by atoms with E-state index in [0.717, 1.165) is 5.56 Å². The molecule has 5 heteroatoms. The number of hydrogen-bond donors (Lipinski definition) is 1. The van der Waals surface area contributed by atoms with E-state index in [1.54, 1.807) is 18.2 Å². The molecule has 0 bridgehead atoms. The Kier molecular flexibility index (Phi) is 4.40. The van der Waals surface area contributed by atoms with E-state index in [1.165, 1.54) is 24.4 Å². The number of nitriles is 1. The first kappa shape index (κ1) is 13.7. The van der Waals surface area contributed by atoms with E-state index in [2.05, 4.69) is 10.3 Å². The minimum absolute atomic E-state index is 0.197. The molecule has 2 aromatic rings. The molecule has 0 saturated carbocycles. The summed E-state index contributed by atoms with van der Waals surface area (Å²) in [5.74, 6) is -0.568. The van der Waals surface area contributed by atoms with Crippen molar-refractivity contribution in [1.82, 2.24) is 10.3 Å². The van der Waals surface area contributed by atoms with Gasteiger partial charge in [-0.3, -0.25) is 4.79 Å². The number of aromatic nitrogens is 1. The molecule has 0 aliphatic rings. The SMILES string of the molecule is N#Cc1cc(C(=O)NCCc2cccc(F)c2)ccn1. The zero-order chi connectivity index (χ0) is 14.4. The lowest BCUT2D eigenvalue weighted by Crippen LogP contribution is -2.25. The molecule has 0 aliphatic heterocycles. The molecule has 0 unspecified atom stereocenters. The van der Waals surface area contributed by atoms with Crippen molar-refractivity contribution in [2.75, 3.05) is 6.54 Å². The van der Waals surface area contributed by atoms with Crippen LogP contribution in [-0.4, -0.2) is 17.4 Å². The molecule has 4 nitrogen and oxygen atoms in total. The van der Waals surface area contributed by atoms with Crippen LogP contribution in [0.15, 0.2) is 42.6 Å². The van der Waals surface area contributed by atoms with Crippen LogP contribution in [0.4, 0.5) is 4.39 Å². The third kappa shape index (κ3) is 3.62. The molecule has 1 N–H and O–H groups in total. The van der Waals surface area contributed by atoms with E-state index in [1.807, 2.05) is 6.07 Å². The van der Waals surface area contributed by atoms with Crippen molar-refractivity contribution < 1.29 is 9.18 Å². The fourth-order valence-electron chi connectivity index (χ4n) is 1.75. The van der Waals surface area contributed by atoms with Crippen molar-refractivity contribution in [2.24, 2.45) is 0 Å². The highest BCUT2D eigenvalue weighted by atomic mass is 19.1. The standard InChI is InChI=1S/C15H12FN3O/c16-13-3-1-2-11(8-13)4-6-19-15(20)12-5-7-18-14(9-12)10-17/h1-3,5,7-9H,4,6H2,(H,19,20). The monoisotopic (exact) mass is 269 g/mol. The van der Waals surface area contributed by atoms with Crippen molar-refractivity contribution in [3.05, 3.63) is 65.2 Å². The Hall–Kier alpha value is -2.74. The molecular formula is C15H12FN3O. The lowest BCUT2D eigenvalue weighted by molar-refractivity contribution is 0.0954. The lowest BCUT2D eigenvalue weighted by atomic mass is 10.1. The predicted molar refractivity (Wildman–Crippen MR) is 71.4 cm³/mol. The van der Waals surface area contributed by atoms with Gasteiger partial charge >= 0.3 is 0 Å². The number of carbonyl (C=O) groups excluding carboxylic acids is 1. The number of hydrogen-bond acceptors (Lipinski definition) is 3. The first-order valence-electron chi connectivity index (χ1n) is 6.08. The molecule has 1 aromatic carbocycles. The summed E-state index contributed by atoms with van der Waals surface area (Å²) in [6.45, 7) is 0.395. The fourth-order valence-corrected chi connectivity index (χ4v) is 1.75. The number of pyridine rings is 1. The first-order valence-corrected chi connectivity index (χ1v) is 6.08. The minimum atomic E-state index is -0.290. The van der Waals surface area contributed by atoms with E-state index in [-0.39, 0.29) is 17.4 Å². The molecule has 0 saturated heterocycles. The Bertz CT molecular complexity index is 664. The third-order valence-corrected chi connectivity index (χ3v) is 2.72. The van der Waals surface area contributed by atoms with Crippen LogP contribution < -0.4 is 5.32 Å². The number of carbonyl (C=O) groups is 1. The summed E-state index contributed by atoms with van der Waals surface area (Å²) >= 11 is 0. The van der Waals surface area contributed by atoms with Crippen LogP contribution in [0.5, 0.6) is 0 Å². The summed E-state index contributed by atoms with van der Waals surface area (Å²) in [5.41, 5.74) is 1.40. The van der Waals surface area contributed by atoms with Gasteiger partial charge in [0.15, 0.2) is 0 Å². The molecule has 2 rings (SSSR count). The Balaban J connectivity index is 1.91. The van der Waals surface area contributed by atoms with E-state index in [0.29, 0.717) is 18.5 Å². The van der Waals surface area contributed by atoms with Crippen molar-refractivity contribution in [2.45, 2.75) is 6.42 Å². The van der Waals surface area contributed by atoms with E-state index >= 15 is 0 Å². The van der Waals surface area contributed by atoms with Crippen molar-refractivity contribution in [3.63, 3.8) is 0 Å². The van der Waals surface area contributed by atoms with Crippen LogP contribution in [0.1, 0.15) is 21.6 Å². The molecule has 20 heavy (non-hydrogen) atoms. The molecular weight excluding hydrogens is 257 g/mol. The molecule has 100 valence electrons. The second-order valence-electron chi connectivity index (χ2n) is 4.18.